The molecule has 0 aliphatic rings. The van der Waals surface area contributed by atoms with Crippen molar-refractivity contribution in [3.05, 3.63) is 58.6 Å². The molecule has 3 nitrogen and oxygen atoms in total. The topological polar surface area (TPSA) is 36.1 Å². The largest absolute Gasteiger partial charge is 0.331 e. The van der Waals surface area contributed by atoms with Gasteiger partial charge in [0.15, 0.2) is 5.11 Å². The van der Waals surface area contributed by atoms with E-state index in [-0.39, 0.29) is 0 Å². The Morgan fingerprint density at radius 1 is 1.05 bits per heavy atom. The Kier molecular flexibility index (Phi) is 4.82. The standard InChI is InChI=1S/C15H16ClN3S/c1-10-3-4-11(2)14(9-10)17-15(20)19-18-13-7-5-12(16)6-8-13/h3-9,18H,1-2H3,(H2,17,19,20). The lowest BCUT2D eigenvalue weighted by molar-refractivity contribution is 1.14. The van der Waals surface area contributed by atoms with Crippen molar-refractivity contribution < 1.29 is 0 Å². The lowest BCUT2D eigenvalue weighted by Gasteiger charge is -2.14. The lowest BCUT2D eigenvalue weighted by Crippen LogP contribution is -2.33. The number of hydrazine groups is 1. The third-order valence-corrected chi connectivity index (χ3v) is 3.26. The summed E-state index contributed by atoms with van der Waals surface area (Å²) < 4.78 is 0. The van der Waals surface area contributed by atoms with Crippen molar-refractivity contribution in [2.45, 2.75) is 13.8 Å². The van der Waals surface area contributed by atoms with Crippen LogP contribution in [0.5, 0.6) is 0 Å². The van der Waals surface area contributed by atoms with Gasteiger partial charge in [-0.25, -0.2) is 0 Å². The summed E-state index contributed by atoms with van der Waals surface area (Å²) in [6.45, 7) is 4.09. The molecule has 0 saturated heterocycles. The summed E-state index contributed by atoms with van der Waals surface area (Å²) in [5.41, 5.74) is 10.2. The maximum absolute atomic E-state index is 5.83. The minimum Gasteiger partial charge on any atom is -0.331 e. The fourth-order valence-corrected chi connectivity index (χ4v) is 1.97. The molecule has 0 bridgehead atoms. The number of thiocarbonyl (C=S) groups is 1. The SMILES string of the molecule is Cc1ccc(C)c(NC(=S)NNc2ccc(Cl)cc2)c1. The van der Waals surface area contributed by atoms with E-state index in [0.29, 0.717) is 10.1 Å². The molecule has 2 aromatic carbocycles. The molecule has 0 aliphatic carbocycles. The monoisotopic (exact) mass is 305 g/mol. The van der Waals surface area contributed by atoms with Gasteiger partial charge in [-0.1, -0.05) is 23.7 Å². The van der Waals surface area contributed by atoms with Crippen molar-refractivity contribution in [2.24, 2.45) is 0 Å². The van der Waals surface area contributed by atoms with Crippen molar-refractivity contribution in [2.75, 3.05) is 10.7 Å². The van der Waals surface area contributed by atoms with E-state index in [1.165, 1.54) is 5.56 Å². The van der Waals surface area contributed by atoms with Crippen LogP contribution in [0, 0.1) is 13.8 Å². The number of aryl methyl sites for hydroxylation is 2. The van der Waals surface area contributed by atoms with Crippen LogP contribution in [0.15, 0.2) is 42.5 Å². The predicted octanol–water partition coefficient (Wildman–Crippen LogP) is 4.27. The van der Waals surface area contributed by atoms with E-state index in [2.05, 4.69) is 34.4 Å². The van der Waals surface area contributed by atoms with Gasteiger partial charge in [-0.05, 0) is 67.5 Å². The van der Waals surface area contributed by atoms with E-state index >= 15 is 0 Å². The number of nitrogens with one attached hydrogen (secondary N) is 3. The minimum absolute atomic E-state index is 0.508. The molecule has 2 aromatic rings. The van der Waals surface area contributed by atoms with Crippen LogP contribution in [-0.2, 0) is 0 Å². The van der Waals surface area contributed by atoms with Crippen LogP contribution in [-0.4, -0.2) is 5.11 Å². The van der Waals surface area contributed by atoms with Crippen LogP contribution in [0.2, 0.25) is 5.02 Å². The van der Waals surface area contributed by atoms with E-state index in [1.807, 2.05) is 38.1 Å². The van der Waals surface area contributed by atoms with Gasteiger partial charge in [0, 0.05) is 10.7 Å². The third kappa shape index (κ3) is 4.11. The zero-order valence-corrected chi connectivity index (χ0v) is 12.9. The van der Waals surface area contributed by atoms with Crippen LogP contribution in [0.3, 0.4) is 0 Å². The van der Waals surface area contributed by atoms with Crippen molar-refractivity contribution in [3.63, 3.8) is 0 Å². The highest BCUT2D eigenvalue weighted by Crippen LogP contribution is 2.16. The number of hydrogen-bond acceptors (Lipinski definition) is 2. The number of anilines is 2. The first-order valence-electron chi connectivity index (χ1n) is 6.20. The quantitative estimate of drug-likeness (QED) is 0.584. The average molecular weight is 306 g/mol. The van der Waals surface area contributed by atoms with Gasteiger partial charge in [-0.3, -0.25) is 10.9 Å². The first-order chi connectivity index (χ1) is 9.54. The Balaban J connectivity index is 1.92. The van der Waals surface area contributed by atoms with Crippen molar-refractivity contribution >= 4 is 40.3 Å². The molecular formula is C15H16ClN3S. The van der Waals surface area contributed by atoms with Crippen LogP contribution >= 0.6 is 23.8 Å². The highest BCUT2D eigenvalue weighted by molar-refractivity contribution is 7.80. The summed E-state index contributed by atoms with van der Waals surface area (Å²) in [6, 6.07) is 13.6. The number of benzene rings is 2. The fraction of sp³-hybridized carbons (Fsp3) is 0.133. The van der Waals surface area contributed by atoms with Gasteiger partial charge in [0.2, 0.25) is 0 Å². The summed E-state index contributed by atoms with van der Waals surface area (Å²) in [5, 5.41) is 4.37. The highest BCUT2D eigenvalue weighted by Gasteiger charge is 2.01. The van der Waals surface area contributed by atoms with Crippen molar-refractivity contribution in [1.29, 1.82) is 0 Å². The highest BCUT2D eigenvalue weighted by atomic mass is 35.5. The van der Waals surface area contributed by atoms with Gasteiger partial charge in [0.1, 0.15) is 0 Å². The second kappa shape index (κ2) is 6.59. The van der Waals surface area contributed by atoms with E-state index in [0.717, 1.165) is 16.9 Å². The molecule has 0 atom stereocenters. The molecule has 2 rings (SSSR count). The average Bonchev–Trinajstić information content (AvgIpc) is 2.42. The zero-order chi connectivity index (χ0) is 14.5. The molecular weight excluding hydrogens is 290 g/mol. The zero-order valence-electron chi connectivity index (χ0n) is 11.3. The van der Waals surface area contributed by atoms with E-state index < -0.39 is 0 Å². The Hall–Kier alpha value is -1.78. The number of hydrogen-bond donors (Lipinski definition) is 3. The summed E-state index contributed by atoms with van der Waals surface area (Å²) in [4.78, 5) is 0. The maximum Gasteiger partial charge on any atom is 0.189 e. The molecule has 5 heteroatoms. The van der Waals surface area contributed by atoms with E-state index in [1.54, 1.807) is 0 Å². The summed E-state index contributed by atoms with van der Waals surface area (Å²) in [6.07, 6.45) is 0. The Morgan fingerprint density at radius 2 is 1.75 bits per heavy atom. The smallest absolute Gasteiger partial charge is 0.189 e. The molecule has 0 aliphatic heterocycles. The van der Waals surface area contributed by atoms with Crippen molar-refractivity contribution in [3.8, 4) is 0 Å². The summed E-state index contributed by atoms with van der Waals surface area (Å²) >= 11 is 11.1. The van der Waals surface area contributed by atoms with E-state index in [4.69, 9.17) is 23.8 Å². The summed E-state index contributed by atoms with van der Waals surface area (Å²) in [7, 11) is 0. The molecule has 3 N–H and O–H groups in total. The van der Waals surface area contributed by atoms with Gasteiger partial charge in [-0.2, -0.15) is 0 Å². The van der Waals surface area contributed by atoms with E-state index in [9.17, 15) is 0 Å². The lowest BCUT2D eigenvalue weighted by atomic mass is 10.1. The Morgan fingerprint density at radius 3 is 2.45 bits per heavy atom. The second-order valence-corrected chi connectivity index (χ2v) is 5.37. The third-order valence-electron chi connectivity index (χ3n) is 2.81. The van der Waals surface area contributed by atoms with Gasteiger partial charge < -0.3 is 5.32 Å². The molecule has 0 spiro atoms. The predicted molar refractivity (Wildman–Crippen MR) is 90.3 cm³/mol. The number of rotatable bonds is 3. The van der Waals surface area contributed by atoms with Crippen LogP contribution in [0.1, 0.15) is 11.1 Å². The molecule has 0 amide bonds. The minimum atomic E-state index is 0.508. The van der Waals surface area contributed by atoms with Gasteiger partial charge >= 0.3 is 0 Å². The molecule has 0 radical (unpaired) electrons. The second-order valence-electron chi connectivity index (χ2n) is 4.53. The Labute approximate surface area is 129 Å². The van der Waals surface area contributed by atoms with Crippen molar-refractivity contribution in [1.82, 2.24) is 5.43 Å². The molecule has 104 valence electrons. The molecule has 20 heavy (non-hydrogen) atoms. The Bertz CT molecular complexity index is 611. The van der Waals surface area contributed by atoms with Crippen LogP contribution in [0.4, 0.5) is 11.4 Å². The van der Waals surface area contributed by atoms with Crippen LogP contribution in [0.25, 0.3) is 0 Å². The molecule has 0 aromatic heterocycles. The van der Waals surface area contributed by atoms with Gasteiger partial charge in [0.25, 0.3) is 0 Å². The summed E-state index contributed by atoms with van der Waals surface area (Å²) in [5.74, 6) is 0. The number of halogens is 1. The molecule has 0 fully saturated rings. The van der Waals surface area contributed by atoms with Gasteiger partial charge in [0.05, 0.1) is 5.69 Å². The van der Waals surface area contributed by atoms with Gasteiger partial charge in [-0.15, -0.1) is 0 Å². The van der Waals surface area contributed by atoms with Crippen LogP contribution < -0.4 is 16.2 Å². The molecule has 0 unspecified atom stereocenters. The fourth-order valence-electron chi connectivity index (χ4n) is 1.69. The molecule has 0 saturated carbocycles. The maximum atomic E-state index is 5.83. The first kappa shape index (κ1) is 14.6. The molecule has 0 heterocycles. The first-order valence-corrected chi connectivity index (χ1v) is 6.99. The normalized spacial score (nSPS) is 9.95.